The molecule has 0 aromatic heterocycles. The van der Waals surface area contributed by atoms with Crippen LogP contribution >= 0.6 is 0 Å². The molecule has 1 aromatic carbocycles. The van der Waals surface area contributed by atoms with Crippen molar-refractivity contribution in [2.24, 2.45) is 0 Å². The lowest BCUT2D eigenvalue weighted by Crippen LogP contribution is -2.24. The Hall–Kier alpha value is -2.58. The summed E-state index contributed by atoms with van der Waals surface area (Å²) in [6.07, 6.45) is 15.2. The van der Waals surface area contributed by atoms with Gasteiger partial charge in [0.15, 0.2) is 11.5 Å². The van der Waals surface area contributed by atoms with Crippen LogP contribution < -0.4 is 10.1 Å². The molecule has 1 atom stereocenters. The van der Waals surface area contributed by atoms with Gasteiger partial charge in [-0.25, -0.2) is 0 Å². The van der Waals surface area contributed by atoms with Crippen LogP contribution in [-0.4, -0.2) is 31.4 Å². The minimum absolute atomic E-state index is 0.0151. The van der Waals surface area contributed by atoms with Crippen molar-refractivity contribution >= 4 is 0 Å². The zero-order chi connectivity index (χ0) is 15.5. The van der Waals surface area contributed by atoms with Crippen molar-refractivity contribution in [2.75, 3.05) is 26.3 Å². The number of rotatable bonds is 8. The summed E-state index contributed by atoms with van der Waals surface area (Å²) in [7, 11) is 0. The Morgan fingerprint density at radius 3 is 2.57 bits per heavy atom. The van der Waals surface area contributed by atoms with Crippen LogP contribution in [0.4, 0.5) is 0 Å². The maximum atomic E-state index is 9.72. The minimum Gasteiger partial charge on any atom is -0.504 e. The SMILES string of the molecule is C#CCNCC(OCC#C)c1ccc(O)c(OCC#C)c1. The molecule has 0 saturated carbocycles. The Bertz CT molecular complexity index is 575. The predicted molar refractivity (Wildman–Crippen MR) is 81.7 cm³/mol. The fourth-order valence-electron chi connectivity index (χ4n) is 1.66. The molecule has 4 nitrogen and oxygen atoms in total. The smallest absolute Gasteiger partial charge is 0.162 e. The second kappa shape index (κ2) is 9.34. The summed E-state index contributed by atoms with van der Waals surface area (Å²) in [5.74, 6) is 7.57. The van der Waals surface area contributed by atoms with E-state index in [1.807, 2.05) is 0 Å². The van der Waals surface area contributed by atoms with E-state index in [0.717, 1.165) is 5.56 Å². The normalized spacial score (nSPS) is 10.9. The Kier molecular flexibility index (Phi) is 7.33. The van der Waals surface area contributed by atoms with E-state index >= 15 is 0 Å². The van der Waals surface area contributed by atoms with Crippen LogP contribution in [0.25, 0.3) is 0 Å². The highest BCUT2D eigenvalue weighted by Gasteiger charge is 2.14. The molecule has 0 aliphatic heterocycles. The first kappa shape index (κ1) is 16.5. The molecular weight excluding hydrogens is 266 g/mol. The van der Waals surface area contributed by atoms with Crippen molar-refractivity contribution in [3.8, 4) is 48.5 Å². The van der Waals surface area contributed by atoms with Crippen LogP contribution in [-0.2, 0) is 4.74 Å². The Morgan fingerprint density at radius 1 is 1.14 bits per heavy atom. The molecule has 21 heavy (non-hydrogen) atoms. The van der Waals surface area contributed by atoms with Crippen LogP contribution in [0.1, 0.15) is 11.7 Å². The summed E-state index contributed by atoms with van der Waals surface area (Å²) >= 11 is 0. The van der Waals surface area contributed by atoms with E-state index in [1.165, 1.54) is 6.07 Å². The first-order valence-electron chi connectivity index (χ1n) is 6.31. The third-order valence-corrected chi connectivity index (χ3v) is 2.59. The molecule has 0 radical (unpaired) electrons. The molecule has 0 aliphatic carbocycles. The molecule has 0 heterocycles. The summed E-state index contributed by atoms with van der Waals surface area (Å²) in [4.78, 5) is 0. The van der Waals surface area contributed by atoms with Gasteiger partial charge in [-0.2, -0.15) is 0 Å². The van der Waals surface area contributed by atoms with Crippen molar-refractivity contribution in [1.82, 2.24) is 5.32 Å². The van der Waals surface area contributed by atoms with E-state index in [4.69, 9.17) is 28.7 Å². The number of terminal acetylenes is 3. The summed E-state index contributed by atoms with van der Waals surface area (Å²) in [5, 5.41) is 12.8. The van der Waals surface area contributed by atoms with Crippen LogP contribution in [0, 0.1) is 37.0 Å². The fraction of sp³-hybridized carbons (Fsp3) is 0.294. The number of ether oxygens (including phenoxy) is 2. The summed E-state index contributed by atoms with van der Waals surface area (Å²) in [6.45, 7) is 1.16. The van der Waals surface area contributed by atoms with E-state index in [-0.39, 0.29) is 25.1 Å². The van der Waals surface area contributed by atoms with E-state index in [2.05, 4.69) is 23.1 Å². The first-order chi connectivity index (χ1) is 10.2. The first-order valence-corrected chi connectivity index (χ1v) is 6.31. The molecule has 1 unspecified atom stereocenters. The number of phenolic OH excluding ortho intramolecular Hbond substituents is 1. The monoisotopic (exact) mass is 283 g/mol. The molecule has 4 heteroatoms. The van der Waals surface area contributed by atoms with E-state index < -0.39 is 0 Å². The average Bonchev–Trinajstić information content (AvgIpc) is 2.50. The number of hydrogen-bond acceptors (Lipinski definition) is 4. The summed E-state index contributed by atoms with van der Waals surface area (Å²) in [6, 6.07) is 4.93. The van der Waals surface area contributed by atoms with E-state index in [0.29, 0.717) is 18.8 Å². The van der Waals surface area contributed by atoms with Gasteiger partial charge in [-0.1, -0.05) is 23.8 Å². The molecule has 1 aromatic rings. The van der Waals surface area contributed by atoms with E-state index in [9.17, 15) is 5.11 Å². The molecule has 0 amide bonds. The standard InChI is InChI=1S/C17H17NO3/c1-4-9-18-13-17(21-11-6-3)14-7-8-15(19)16(12-14)20-10-5-2/h1-3,7-8,12,17-19H,9-11,13H2. The van der Waals surface area contributed by atoms with Crippen LogP contribution in [0.5, 0.6) is 11.5 Å². The third kappa shape index (κ3) is 5.51. The maximum Gasteiger partial charge on any atom is 0.162 e. The quantitative estimate of drug-likeness (QED) is 0.558. The second-order valence-corrected chi connectivity index (χ2v) is 4.06. The zero-order valence-corrected chi connectivity index (χ0v) is 11.6. The number of aromatic hydroxyl groups is 1. The van der Waals surface area contributed by atoms with Crippen molar-refractivity contribution < 1.29 is 14.6 Å². The van der Waals surface area contributed by atoms with Crippen molar-refractivity contribution in [3.63, 3.8) is 0 Å². The Balaban J connectivity index is 2.87. The zero-order valence-electron chi connectivity index (χ0n) is 11.6. The van der Waals surface area contributed by atoms with Gasteiger partial charge in [-0.15, -0.1) is 19.3 Å². The van der Waals surface area contributed by atoms with Crippen LogP contribution in [0.2, 0.25) is 0 Å². The molecular formula is C17H17NO3. The molecule has 2 N–H and O–H groups in total. The fourth-order valence-corrected chi connectivity index (χ4v) is 1.66. The van der Waals surface area contributed by atoms with Crippen molar-refractivity contribution in [1.29, 1.82) is 0 Å². The molecule has 0 spiro atoms. The maximum absolute atomic E-state index is 9.72. The largest absolute Gasteiger partial charge is 0.504 e. The molecule has 0 saturated heterocycles. The minimum atomic E-state index is -0.303. The van der Waals surface area contributed by atoms with Crippen molar-refractivity contribution in [3.05, 3.63) is 23.8 Å². The van der Waals surface area contributed by atoms with E-state index in [1.54, 1.807) is 12.1 Å². The lowest BCUT2D eigenvalue weighted by Gasteiger charge is -2.18. The van der Waals surface area contributed by atoms with Gasteiger partial charge in [0.1, 0.15) is 13.2 Å². The van der Waals surface area contributed by atoms with Gasteiger partial charge >= 0.3 is 0 Å². The lowest BCUT2D eigenvalue weighted by molar-refractivity contribution is 0.0781. The van der Waals surface area contributed by atoms with Gasteiger partial charge in [0.05, 0.1) is 12.6 Å². The Morgan fingerprint density at radius 2 is 1.90 bits per heavy atom. The van der Waals surface area contributed by atoms with Gasteiger partial charge in [-0.05, 0) is 17.7 Å². The van der Waals surface area contributed by atoms with Crippen LogP contribution in [0.15, 0.2) is 18.2 Å². The van der Waals surface area contributed by atoms with Crippen LogP contribution in [0.3, 0.4) is 0 Å². The third-order valence-electron chi connectivity index (χ3n) is 2.59. The molecule has 0 bridgehead atoms. The molecule has 108 valence electrons. The number of hydrogen-bond donors (Lipinski definition) is 2. The molecule has 0 aliphatic rings. The van der Waals surface area contributed by atoms with Gasteiger partial charge < -0.3 is 19.9 Å². The second-order valence-electron chi connectivity index (χ2n) is 4.06. The average molecular weight is 283 g/mol. The van der Waals surface area contributed by atoms with Gasteiger partial charge in [0, 0.05) is 6.54 Å². The molecule has 1 rings (SSSR count). The topological polar surface area (TPSA) is 50.7 Å². The number of nitrogens with one attached hydrogen (secondary N) is 1. The number of benzene rings is 1. The molecule has 0 fully saturated rings. The van der Waals surface area contributed by atoms with Crippen molar-refractivity contribution in [2.45, 2.75) is 6.10 Å². The van der Waals surface area contributed by atoms with Gasteiger partial charge in [-0.3, -0.25) is 0 Å². The highest BCUT2D eigenvalue weighted by Crippen LogP contribution is 2.30. The van der Waals surface area contributed by atoms with Gasteiger partial charge in [0.25, 0.3) is 0 Å². The number of phenols is 1. The predicted octanol–water partition coefficient (Wildman–Crippen LogP) is 1.32. The summed E-state index contributed by atoms with van der Waals surface area (Å²) in [5.41, 5.74) is 0.805. The Labute approximate surface area is 125 Å². The lowest BCUT2D eigenvalue weighted by atomic mass is 10.1. The summed E-state index contributed by atoms with van der Waals surface area (Å²) < 4.78 is 10.9. The highest BCUT2D eigenvalue weighted by molar-refractivity contribution is 5.42. The highest BCUT2D eigenvalue weighted by atomic mass is 16.5. The van der Waals surface area contributed by atoms with Gasteiger partial charge in [0.2, 0.25) is 0 Å².